The van der Waals surface area contributed by atoms with Gasteiger partial charge < -0.3 is 4.57 Å². The topological polar surface area (TPSA) is 34.9 Å². The van der Waals surface area contributed by atoms with Gasteiger partial charge >= 0.3 is 0 Å². The maximum atomic E-state index is 13.7. The van der Waals surface area contributed by atoms with E-state index in [1.165, 1.54) is 25.0 Å². The van der Waals surface area contributed by atoms with E-state index < -0.39 is 0 Å². The Morgan fingerprint density at radius 3 is 2.88 bits per heavy atom. The lowest BCUT2D eigenvalue weighted by molar-refractivity contribution is 0.0994. The predicted octanol–water partition coefficient (Wildman–Crippen LogP) is 5.23. The Labute approximate surface area is 154 Å². The van der Waals surface area contributed by atoms with E-state index in [2.05, 4.69) is 4.98 Å². The fraction of sp³-hybridized carbons (Fsp3) is 0.238. The second-order valence-corrected chi connectivity index (χ2v) is 8.09. The van der Waals surface area contributed by atoms with Crippen LogP contribution in [0.2, 0.25) is 0 Å². The fourth-order valence-electron chi connectivity index (χ4n) is 3.45. The molecule has 2 aromatic carbocycles. The molecule has 3 nitrogen and oxygen atoms in total. The molecule has 1 aliphatic carbocycles. The van der Waals surface area contributed by atoms with Crippen LogP contribution in [0.25, 0.3) is 21.1 Å². The van der Waals surface area contributed by atoms with Crippen molar-refractivity contribution in [2.45, 2.75) is 25.8 Å². The van der Waals surface area contributed by atoms with Crippen molar-refractivity contribution in [3.8, 4) is 0 Å². The average molecular weight is 364 g/mol. The third kappa shape index (κ3) is 2.82. The molecule has 4 aromatic rings. The summed E-state index contributed by atoms with van der Waals surface area (Å²) in [5.41, 5.74) is 2.41. The summed E-state index contributed by atoms with van der Waals surface area (Å²) < 4.78 is 16.9. The van der Waals surface area contributed by atoms with Crippen molar-refractivity contribution in [2.24, 2.45) is 5.92 Å². The number of ketones is 1. The van der Waals surface area contributed by atoms with E-state index in [1.54, 1.807) is 17.4 Å². The first-order valence-corrected chi connectivity index (χ1v) is 9.65. The van der Waals surface area contributed by atoms with Crippen molar-refractivity contribution < 1.29 is 9.18 Å². The van der Waals surface area contributed by atoms with Gasteiger partial charge in [-0.25, -0.2) is 9.37 Å². The quantitative estimate of drug-likeness (QED) is 0.455. The van der Waals surface area contributed by atoms with Crippen LogP contribution in [0.5, 0.6) is 0 Å². The molecule has 0 spiro atoms. The molecule has 0 saturated heterocycles. The van der Waals surface area contributed by atoms with E-state index in [0.29, 0.717) is 11.5 Å². The van der Waals surface area contributed by atoms with Crippen LogP contribution in [0.1, 0.15) is 28.2 Å². The summed E-state index contributed by atoms with van der Waals surface area (Å²) in [5, 5.41) is 1.65. The standard InChI is InChI=1S/C21H17FN2OS/c22-14-7-8-15-16(12-24(18(15)9-14)11-13-5-6-13)19(25)10-21-23-17-3-1-2-4-20(17)26-21/h1-4,7-9,12-13H,5-6,10-11H2. The minimum atomic E-state index is -0.266. The van der Waals surface area contributed by atoms with Gasteiger partial charge in [-0.05, 0) is 49.1 Å². The highest BCUT2D eigenvalue weighted by Gasteiger charge is 2.24. The van der Waals surface area contributed by atoms with Crippen LogP contribution in [0.3, 0.4) is 0 Å². The van der Waals surface area contributed by atoms with Gasteiger partial charge in [-0.15, -0.1) is 11.3 Å². The molecule has 0 bridgehead atoms. The minimum absolute atomic E-state index is 0.0372. The number of carbonyl (C=O) groups excluding carboxylic acids is 1. The summed E-state index contributed by atoms with van der Waals surface area (Å²) >= 11 is 1.56. The van der Waals surface area contributed by atoms with Gasteiger partial charge in [-0.2, -0.15) is 0 Å². The zero-order valence-electron chi connectivity index (χ0n) is 14.1. The van der Waals surface area contributed by atoms with E-state index in [1.807, 2.05) is 35.0 Å². The Hall–Kier alpha value is -2.53. The van der Waals surface area contributed by atoms with Gasteiger partial charge in [-0.1, -0.05) is 12.1 Å². The Morgan fingerprint density at radius 1 is 1.23 bits per heavy atom. The summed E-state index contributed by atoms with van der Waals surface area (Å²) in [6, 6.07) is 12.6. The molecular formula is C21H17FN2OS. The van der Waals surface area contributed by atoms with E-state index in [9.17, 15) is 9.18 Å². The van der Waals surface area contributed by atoms with Crippen molar-refractivity contribution in [3.63, 3.8) is 0 Å². The highest BCUT2D eigenvalue weighted by molar-refractivity contribution is 7.18. The van der Waals surface area contributed by atoms with Crippen LogP contribution < -0.4 is 0 Å². The molecule has 0 amide bonds. The zero-order chi connectivity index (χ0) is 17.7. The average Bonchev–Trinajstić information content (AvgIpc) is 3.24. The maximum absolute atomic E-state index is 13.7. The number of hydrogen-bond donors (Lipinski definition) is 0. The van der Waals surface area contributed by atoms with Gasteiger partial charge in [0.1, 0.15) is 10.8 Å². The number of aromatic nitrogens is 2. The number of Topliss-reactive ketones (excluding diaryl/α,β-unsaturated/α-hetero) is 1. The lowest BCUT2D eigenvalue weighted by Crippen LogP contribution is -2.03. The van der Waals surface area contributed by atoms with Crippen molar-refractivity contribution in [1.82, 2.24) is 9.55 Å². The summed E-state index contributed by atoms with van der Waals surface area (Å²) in [4.78, 5) is 17.5. The number of rotatable bonds is 5. The monoisotopic (exact) mass is 364 g/mol. The Bertz CT molecular complexity index is 1110. The highest BCUT2D eigenvalue weighted by Crippen LogP contribution is 2.33. The Morgan fingerprint density at radius 2 is 2.08 bits per heavy atom. The van der Waals surface area contributed by atoms with Gasteiger partial charge in [0.05, 0.1) is 22.2 Å². The number of fused-ring (bicyclic) bond motifs is 2. The molecule has 0 unspecified atom stereocenters. The van der Waals surface area contributed by atoms with Crippen LogP contribution in [-0.2, 0) is 13.0 Å². The lowest BCUT2D eigenvalue weighted by Gasteiger charge is -2.03. The first-order valence-electron chi connectivity index (χ1n) is 8.83. The number of para-hydroxylation sites is 1. The van der Waals surface area contributed by atoms with Crippen molar-refractivity contribution >= 4 is 38.2 Å². The molecule has 2 aromatic heterocycles. The summed E-state index contributed by atoms with van der Waals surface area (Å²) in [5.74, 6) is 0.425. The van der Waals surface area contributed by atoms with E-state index in [0.717, 1.165) is 32.7 Å². The first-order chi connectivity index (χ1) is 12.7. The lowest BCUT2D eigenvalue weighted by atomic mass is 10.1. The van der Waals surface area contributed by atoms with Crippen LogP contribution in [0, 0.1) is 11.7 Å². The van der Waals surface area contributed by atoms with Gasteiger partial charge in [-0.3, -0.25) is 4.79 Å². The largest absolute Gasteiger partial charge is 0.346 e. The molecule has 5 heteroatoms. The molecule has 130 valence electrons. The molecular weight excluding hydrogens is 347 g/mol. The Balaban J connectivity index is 1.51. The van der Waals surface area contributed by atoms with Crippen molar-refractivity contribution in [1.29, 1.82) is 0 Å². The number of nitrogens with zero attached hydrogens (tertiary/aromatic N) is 2. The molecule has 2 heterocycles. The number of thiazole rings is 1. The van der Waals surface area contributed by atoms with Crippen LogP contribution >= 0.6 is 11.3 Å². The van der Waals surface area contributed by atoms with Gasteiger partial charge in [0.15, 0.2) is 5.78 Å². The normalized spacial score (nSPS) is 14.3. The second-order valence-electron chi connectivity index (χ2n) is 6.98. The third-order valence-electron chi connectivity index (χ3n) is 4.95. The van der Waals surface area contributed by atoms with Gasteiger partial charge in [0, 0.05) is 23.7 Å². The zero-order valence-corrected chi connectivity index (χ0v) is 14.9. The first kappa shape index (κ1) is 15.7. The van der Waals surface area contributed by atoms with Gasteiger partial charge in [0.25, 0.3) is 0 Å². The highest BCUT2D eigenvalue weighted by atomic mass is 32.1. The molecule has 0 radical (unpaired) electrons. The van der Waals surface area contributed by atoms with E-state index in [4.69, 9.17) is 0 Å². The summed E-state index contributed by atoms with van der Waals surface area (Å²) in [6.45, 7) is 0.856. The molecule has 0 N–H and O–H groups in total. The van der Waals surface area contributed by atoms with Crippen LogP contribution in [-0.4, -0.2) is 15.3 Å². The molecule has 1 fully saturated rings. The summed E-state index contributed by atoms with van der Waals surface area (Å²) in [7, 11) is 0. The predicted molar refractivity (Wildman–Crippen MR) is 102 cm³/mol. The van der Waals surface area contributed by atoms with E-state index in [-0.39, 0.29) is 18.0 Å². The van der Waals surface area contributed by atoms with Crippen LogP contribution in [0.15, 0.2) is 48.7 Å². The van der Waals surface area contributed by atoms with Crippen molar-refractivity contribution in [2.75, 3.05) is 0 Å². The third-order valence-corrected chi connectivity index (χ3v) is 5.98. The molecule has 0 aliphatic heterocycles. The maximum Gasteiger partial charge on any atom is 0.171 e. The molecule has 5 rings (SSSR count). The van der Waals surface area contributed by atoms with E-state index >= 15 is 0 Å². The number of halogens is 1. The molecule has 0 atom stereocenters. The Kier molecular flexibility index (Phi) is 3.64. The number of carbonyl (C=O) groups is 1. The smallest absolute Gasteiger partial charge is 0.171 e. The number of hydrogen-bond acceptors (Lipinski definition) is 3. The number of benzene rings is 2. The summed E-state index contributed by atoms with van der Waals surface area (Å²) in [6.07, 6.45) is 4.60. The minimum Gasteiger partial charge on any atom is -0.346 e. The van der Waals surface area contributed by atoms with Gasteiger partial charge in [0.2, 0.25) is 0 Å². The fourth-order valence-corrected chi connectivity index (χ4v) is 4.41. The SMILES string of the molecule is O=C(Cc1nc2ccccc2s1)c1cn(CC2CC2)c2cc(F)ccc12. The molecule has 1 aliphatic rings. The molecule has 26 heavy (non-hydrogen) atoms. The molecule has 1 saturated carbocycles. The second kappa shape index (κ2) is 6.02. The van der Waals surface area contributed by atoms with Crippen LogP contribution in [0.4, 0.5) is 4.39 Å². The van der Waals surface area contributed by atoms with Crippen molar-refractivity contribution in [3.05, 3.63) is 65.0 Å².